The van der Waals surface area contributed by atoms with Crippen LogP contribution in [0.4, 0.5) is 15.8 Å². The number of rotatable bonds is 5. The maximum atomic E-state index is 15.0. The van der Waals surface area contributed by atoms with Gasteiger partial charge in [0.1, 0.15) is 5.82 Å². The number of nitrogens with zero attached hydrogens (tertiary/aromatic N) is 2. The van der Waals surface area contributed by atoms with E-state index in [2.05, 4.69) is 26.1 Å². The smallest absolute Gasteiger partial charge is 0.257 e. The third kappa shape index (κ3) is 5.90. The van der Waals surface area contributed by atoms with Gasteiger partial charge in [-0.2, -0.15) is 0 Å². The number of halogens is 1. The van der Waals surface area contributed by atoms with Gasteiger partial charge in [0.15, 0.2) is 0 Å². The van der Waals surface area contributed by atoms with Crippen LogP contribution in [0.5, 0.6) is 0 Å². The Balaban J connectivity index is 1.50. The molecule has 6 nitrogen and oxygen atoms in total. The highest BCUT2D eigenvalue weighted by molar-refractivity contribution is 5.98. The Morgan fingerprint density at radius 1 is 0.951 bits per heavy atom. The van der Waals surface area contributed by atoms with E-state index in [4.69, 9.17) is 0 Å². The van der Waals surface area contributed by atoms with Crippen molar-refractivity contribution in [1.82, 2.24) is 4.90 Å². The van der Waals surface area contributed by atoms with Crippen LogP contribution >= 0.6 is 0 Å². The molecule has 2 heterocycles. The van der Waals surface area contributed by atoms with E-state index in [1.165, 1.54) is 6.07 Å². The summed E-state index contributed by atoms with van der Waals surface area (Å²) in [4.78, 5) is 43.5. The molecule has 2 atom stereocenters. The van der Waals surface area contributed by atoms with Gasteiger partial charge in [-0.1, -0.05) is 57.2 Å². The van der Waals surface area contributed by atoms with E-state index in [1.807, 2.05) is 48.5 Å². The molecule has 3 amide bonds. The van der Waals surface area contributed by atoms with E-state index in [9.17, 15) is 18.8 Å². The Labute approximate surface area is 241 Å². The number of likely N-dealkylation sites (tertiary alicyclic amines) is 1. The molecule has 0 saturated carbocycles. The standard InChI is InChI=1S/C34H38FN3O3/c1-22-9-5-13-28(35)30(22)33(41)38-20-7-12-27(32(40)36-25-11-6-10-24(21-25)34(2,3)4)31(38)23-15-17-26(18-16-23)37-19-8-14-29(37)39/h5-6,9-11,13,15-18,21,27,31H,7-8,12,14,19-20H2,1-4H3,(H,36,40). The predicted octanol–water partition coefficient (Wildman–Crippen LogP) is 6.79. The lowest BCUT2D eigenvalue weighted by Gasteiger charge is -2.41. The van der Waals surface area contributed by atoms with Crippen LogP contribution < -0.4 is 10.2 Å². The average molecular weight is 556 g/mol. The van der Waals surface area contributed by atoms with Crippen LogP contribution in [0.2, 0.25) is 0 Å². The number of amides is 3. The van der Waals surface area contributed by atoms with Crippen molar-refractivity contribution >= 4 is 29.1 Å². The highest BCUT2D eigenvalue weighted by atomic mass is 19.1. The number of aryl methyl sites for hydroxylation is 1. The van der Waals surface area contributed by atoms with Gasteiger partial charge in [0.05, 0.1) is 17.5 Å². The summed E-state index contributed by atoms with van der Waals surface area (Å²) < 4.78 is 15.0. The fourth-order valence-electron chi connectivity index (χ4n) is 6.03. The number of carbonyl (C=O) groups is 3. The van der Waals surface area contributed by atoms with Crippen LogP contribution in [-0.2, 0) is 15.0 Å². The first-order valence-electron chi connectivity index (χ1n) is 14.4. The molecule has 0 aromatic heterocycles. The molecule has 3 aromatic carbocycles. The van der Waals surface area contributed by atoms with Gasteiger partial charge >= 0.3 is 0 Å². The normalized spacial score (nSPS) is 19.4. The molecule has 2 unspecified atom stereocenters. The van der Waals surface area contributed by atoms with E-state index < -0.39 is 23.7 Å². The van der Waals surface area contributed by atoms with Crippen LogP contribution in [0.3, 0.4) is 0 Å². The van der Waals surface area contributed by atoms with Gasteiger partial charge < -0.3 is 15.1 Å². The molecule has 214 valence electrons. The molecule has 5 rings (SSSR count). The van der Waals surface area contributed by atoms with Crippen LogP contribution in [-0.4, -0.2) is 35.7 Å². The van der Waals surface area contributed by atoms with Crippen molar-refractivity contribution in [3.63, 3.8) is 0 Å². The van der Waals surface area contributed by atoms with E-state index in [1.54, 1.807) is 28.9 Å². The number of hydrogen-bond acceptors (Lipinski definition) is 3. The van der Waals surface area contributed by atoms with Crippen molar-refractivity contribution < 1.29 is 18.8 Å². The number of nitrogens with one attached hydrogen (secondary N) is 1. The molecular formula is C34H38FN3O3. The Bertz CT molecular complexity index is 1440. The quantitative estimate of drug-likeness (QED) is 0.377. The zero-order valence-electron chi connectivity index (χ0n) is 24.2. The number of hydrogen-bond donors (Lipinski definition) is 1. The summed E-state index contributed by atoms with van der Waals surface area (Å²) in [5, 5.41) is 3.10. The van der Waals surface area contributed by atoms with Gasteiger partial charge in [-0.05, 0) is 78.6 Å². The fourth-order valence-corrected chi connectivity index (χ4v) is 6.03. The Morgan fingerprint density at radius 3 is 2.34 bits per heavy atom. The molecule has 2 aliphatic rings. The van der Waals surface area contributed by atoms with Gasteiger partial charge in [0.25, 0.3) is 5.91 Å². The summed E-state index contributed by atoms with van der Waals surface area (Å²) >= 11 is 0. The van der Waals surface area contributed by atoms with Crippen molar-refractivity contribution in [3.8, 4) is 0 Å². The number of carbonyl (C=O) groups excluding carboxylic acids is 3. The average Bonchev–Trinajstić information content (AvgIpc) is 3.38. The fraction of sp³-hybridized carbons (Fsp3) is 0.382. The summed E-state index contributed by atoms with van der Waals surface area (Å²) in [5.74, 6) is -1.62. The first-order chi connectivity index (χ1) is 19.5. The van der Waals surface area contributed by atoms with Crippen molar-refractivity contribution in [3.05, 3.63) is 94.8 Å². The molecule has 2 saturated heterocycles. The molecule has 0 aliphatic carbocycles. The van der Waals surface area contributed by atoms with Crippen molar-refractivity contribution in [2.45, 2.75) is 64.8 Å². The molecule has 0 radical (unpaired) electrons. The lowest BCUT2D eigenvalue weighted by molar-refractivity contribution is -0.123. The predicted molar refractivity (Wildman–Crippen MR) is 159 cm³/mol. The van der Waals surface area contributed by atoms with E-state index in [0.29, 0.717) is 43.6 Å². The molecule has 0 spiro atoms. The monoisotopic (exact) mass is 555 g/mol. The van der Waals surface area contributed by atoms with Crippen LogP contribution in [0, 0.1) is 18.7 Å². The van der Waals surface area contributed by atoms with Gasteiger partial charge in [-0.25, -0.2) is 4.39 Å². The van der Waals surface area contributed by atoms with Crippen molar-refractivity contribution in [2.24, 2.45) is 5.92 Å². The second-order valence-corrected chi connectivity index (χ2v) is 12.2. The van der Waals surface area contributed by atoms with Crippen LogP contribution in [0.1, 0.15) is 79.5 Å². The topological polar surface area (TPSA) is 69.7 Å². The molecule has 7 heteroatoms. The highest BCUT2D eigenvalue weighted by Gasteiger charge is 2.40. The van der Waals surface area contributed by atoms with Gasteiger partial charge in [-0.15, -0.1) is 0 Å². The minimum atomic E-state index is -0.593. The lowest BCUT2D eigenvalue weighted by atomic mass is 9.83. The van der Waals surface area contributed by atoms with Gasteiger partial charge in [0, 0.05) is 30.9 Å². The summed E-state index contributed by atoms with van der Waals surface area (Å²) in [6.07, 6.45) is 2.57. The van der Waals surface area contributed by atoms with E-state index in [-0.39, 0.29) is 22.8 Å². The Morgan fingerprint density at radius 2 is 1.68 bits per heavy atom. The van der Waals surface area contributed by atoms with Gasteiger partial charge in [-0.3, -0.25) is 14.4 Å². The lowest BCUT2D eigenvalue weighted by Crippen LogP contribution is -2.46. The summed E-state index contributed by atoms with van der Waals surface area (Å²) in [7, 11) is 0. The van der Waals surface area contributed by atoms with Crippen LogP contribution in [0.15, 0.2) is 66.7 Å². The molecular weight excluding hydrogens is 517 g/mol. The number of piperidine rings is 1. The van der Waals surface area contributed by atoms with Crippen molar-refractivity contribution in [2.75, 3.05) is 23.3 Å². The molecule has 1 N–H and O–H groups in total. The number of anilines is 2. The maximum Gasteiger partial charge on any atom is 0.257 e. The molecule has 2 aliphatic heterocycles. The van der Waals surface area contributed by atoms with Crippen LogP contribution in [0.25, 0.3) is 0 Å². The molecule has 2 fully saturated rings. The SMILES string of the molecule is Cc1cccc(F)c1C(=O)N1CCCC(C(=O)Nc2cccc(C(C)(C)C)c2)C1c1ccc(N2CCCC2=O)cc1. The zero-order chi connectivity index (χ0) is 29.3. The Hall–Kier alpha value is -4.00. The summed E-state index contributed by atoms with van der Waals surface area (Å²) in [6.45, 7) is 9.18. The second-order valence-electron chi connectivity index (χ2n) is 12.2. The molecule has 41 heavy (non-hydrogen) atoms. The first-order valence-corrected chi connectivity index (χ1v) is 14.4. The largest absolute Gasteiger partial charge is 0.331 e. The first kappa shape index (κ1) is 28.5. The molecule has 3 aromatic rings. The maximum absolute atomic E-state index is 15.0. The summed E-state index contributed by atoms with van der Waals surface area (Å²) in [5.41, 5.74) is 3.92. The van der Waals surface area contributed by atoms with E-state index in [0.717, 1.165) is 23.2 Å². The third-order valence-electron chi connectivity index (χ3n) is 8.28. The van der Waals surface area contributed by atoms with Gasteiger partial charge in [0.2, 0.25) is 11.8 Å². The molecule has 0 bridgehead atoms. The van der Waals surface area contributed by atoms with E-state index >= 15 is 0 Å². The highest BCUT2D eigenvalue weighted by Crippen LogP contribution is 2.39. The summed E-state index contributed by atoms with van der Waals surface area (Å²) in [6, 6.07) is 19.4. The third-order valence-corrected chi connectivity index (χ3v) is 8.28. The Kier molecular flexibility index (Phi) is 7.98. The number of benzene rings is 3. The zero-order valence-corrected chi connectivity index (χ0v) is 24.2. The van der Waals surface area contributed by atoms with Crippen molar-refractivity contribution in [1.29, 1.82) is 0 Å². The second kappa shape index (κ2) is 11.5. The minimum Gasteiger partial charge on any atom is -0.331 e. The minimum absolute atomic E-state index is 0.0377.